The smallest absolute Gasteiger partial charge is 0.328 e. The third kappa shape index (κ3) is 7.73. The maximum absolute atomic E-state index is 9.55. The Labute approximate surface area is 154 Å². The lowest BCUT2D eigenvalue weighted by Gasteiger charge is -2.09. The summed E-state index contributed by atoms with van der Waals surface area (Å²) in [5.74, 6) is -2.70. The number of carboxylic acid groups (broad SMARTS) is 2. The number of nitrogens with one attached hydrogen (secondary N) is 1. The summed E-state index contributed by atoms with van der Waals surface area (Å²) in [5, 5.41) is 37.5. The lowest BCUT2D eigenvalue weighted by atomic mass is 10.2. The van der Waals surface area contributed by atoms with Crippen molar-refractivity contribution in [3.63, 3.8) is 0 Å². The van der Waals surface area contributed by atoms with Gasteiger partial charge in [-0.3, -0.25) is 0 Å². The molecule has 0 aliphatic rings. The highest BCUT2D eigenvalue weighted by Crippen LogP contribution is 2.35. The monoisotopic (exact) mass is 377 g/mol. The molecule has 2 rings (SSSR count). The van der Waals surface area contributed by atoms with Gasteiger partial charge in [0.05, 0.1) is 0 Å². The Balaban J connectivity index is 0.000000359. The first-order valence-electron chi connectivity index (χ1n) is 7.39. The van der Waals surface area contributed by atoms with Crippen molar-refractivity contribution in [2.24, 2.45) is 0 Å². The fraction of sp³-hybridized carbons (Fsp3) is 0.111. The highest BCUT2D eigenvalue weighted by atomic mass is 32.2. The third-order valence-electron chi connectivity index (χ3n) is 2.88. The van der Waals surface area contributed by atoms with Crippen LogP contribution in [0.1, 0.15) is 5.56 Å². The Morgan fingerprint density at radius 1 is 1.00 bits per heavy atom. The number of hydrogen-bond acceptors (Lipinski definition) is 6. The van der Waals surface area contributed by atoms with Gasteiger partial charge in [-0.1, -0.05) is 30.0 Å². The second-order valence-corrected chi connectivity index (χ2v) is 6.02. The van der Waals surface area contributed by atoms with Crippen molar-refractivity contribution in [2.75, 3.05) is 7.05 Å². The fourth-order valence-corrected chi connectivity index (χ4v) is 2.75. The van der Waals surface area contributed by atoms with Gasteiger partial charge in [0.1, 0.15) is 0 Å². The number of phenolic OH excluding ortho intramolecular Hbond substituents is 2. The molecule has 0 bridgehead atoms. The van der Waals surface area contributed by atoms with Crippen LogP contribution in [0.25, 0.3) is 0 Å². The number of carboxylic acids is 2. The number of hydrogen-bond donors (Lipinski definition) is 5. The van der Waals surface area contributed by atoms with Crippen molar-refractivity contribution in [2.45, 2.75) is 16.3 Å². The molecule has 8 heteroatoms. The molecule has 2 aromatic carbocycles. The summed E-state index contributed by atoms with van der Waals surface area (Å²) in [4.78, 5) is 21.1. The second kappa shape index (κ2) is 10.8. The van der Waals surface area contributed by atoms with Gasteiger partial charge in [0.25, 0.3) is 0 Å². The molecule has 0 aliphatic heterocycles. The molecule has 0 radical (unpaired) electrons. The lowest BCUT2D eigenvalue weighted by Crippen LogP contribution is -2.05. The van der Waals surface area contributed by atoms with Crippen molar-refractivity contribution in [3.8, 4) is 11.5 Å². The molecule has 0 aliphatic carbocycles. The Morgan fingerprint density at radius 3 is 2.15 bits per heavy atom. The van der Waals surface area contributed by atoms with E-state index in [0.717, 1.165) is 16.3 Å². The van der Waals surface area contributed by atoms with Gasteiger partial charge in [-0.05, 0) is 36.9 Å². The van der Waals surface area contributed by atoms with Crippen LogP contribution < -0.4 is 5.32 Å². The summed E-state index contributed by atoms with van der Waals surface area (Å²) in [5.41, 5.74) is 1.21. The van der Waals surface area contributed by atoms with Crippen molar-refractivity contribution < 1.29 is 30.0 Å². The number of benzene rings is 2. The normalized spacial score (nSPS) is 10.2. The number of phenols is 2. The van der Waals surface area contributed by atoms with E-state index in [-0.39, 0.29) is 11.5 Å². The van der Waals surface area contributed by atoms with Crippen molar-refractivity contribution in [1.29, 1.82) is 0 Å². The average molecular weight is 377 g/mol. The molecule has 0 atom stereocenters. The molecule has 5 N–H and O–H groups in total. The van der Waals surface area contributed by atoms with E-state index in [1.165, 1.54) is 11.6 Å². The van der Waals surface area contributed by atoms with Gasteiger partial charge >= 0.3 is 11.9 Å². The topological polar surface area (TPSA) is 127 Å². The van der Waals surface area contributed by atoms with E-state index in [2.05, 4.69) is 11.4 Å². The molecule has 0 unspecified atom stereocenters. The van der Waals surface area contributed by atoms with Gasteiger partial charge in [0, 0.05) is 28.5 Å². The zero-order chi connectivity index (χ0) is 19.5. The summed E-state index contributed by atoms with van der Waals surface area (Å²) in [7, 11) is 1.91. The van der Waals surface area contributed by atoms with E-state index < -0.39 is 11.9 Å². The van der Waals surface area contributed by atoms with Gasteiger partial charge in [-0.25, -0.2) is 9.59 Å². The number of aliphatic carboxylic acids is 2. The molecule has 138 valence electrons. The predicted molar refractivity (Wildman–Crippen MR) is 97.5 cm³/mol. The van der Waals surface area contributed by atoms with E-state index in [0.29, 0.717) is 12.2 Å². The van der Waals surface area contributed by atoms with Crippen LogP contribution >= 0.6 is 11.8 Å². The summed E-state index contributed by atoms with van der Waals surface area (Å²) in [6.45, 7) is 0.799. The molecule has 2 aromatic rings. The first-order chi connectivity index (χ1) is 12.3. The van der Waals surface area contributed by atoms with Crippen LogP contribution in [0, 0.1) is 0 Å². The Bertz CT molecular complexity index is 775. The summed E-state index contributed by atoms with van der Waals surface area (Å²) in [6, 6.07) is 13.0. The van der Waals surface area contributed by atoms with Gasteiger partial charge in [0.2, 0.25) is 0 Å². The van der Waals surface area contributed by atoms with Gasteiger partial charge < -0.3 is 25.7 Å². The quantitative estimate of drug-likeness (QED) is 0.384. The van der Waals surface area contributed by atoms with E-state index in [9.17, 15) is 19.8 Å². The summed E-state index contributed by atoms with van der Waals surface area (Å²) < 4.78 is 0. The molecule has 0 heterocycles. The molecular formula is C18H19NO6S. The Hall–Kier alpha value is -2.97. The van der Waals surface area contributed by atoms with Crippen molar-refractivity contribution >= 4 is 23.7 Å². The molecule has 0 saturated carbocycles. The summed E-state index contributed by atoms with van der Waals surface area (Å²) >= 11 is 1.57. The number of rotatable bonds is 6. The molecule has 0 saturated heterocycles. The first-order valence-corrected chi connectivity index (χ1v) is 8.21. The van der Waals surface area contributed by atoms with Crippen LogP contribution in [0.4, 0.5) is 0 Å². The minimum Gasteiger partial charge on any atom is -0.504 e. The molecule has 0 fully saturated rings. The van der Waals surface area contributed by atoms with Crippen molar-refractivity contribution in [1.82, 2.24) is 5.32 Å². The SMILES string of the molecule is CNCc1ccccc1Sc1ccc(O)c(O)c1.O=C(O)C=CC(=O)O. The third-order valence-corrected chi connectivity index (χ3v) is 3.99. The number of carbonyl (C=O) groups is 2. The number of aromatic hydroxyl groups is 2. The van der Waals surface area contributed by atoms with E-state index in [4.69, 9.17) is 10.2 Å². The Kier molecular flexibility index (Phi) is 8.76. The highest BCUT2D eigenvalue weighted by Gasteiger charge is 2.05. The lowest BCUT2D eigenvalue weighted by molar-refractivity contribution is -0.134. The molecule has 0 amide bonds. The average Bonchev–Trinajstić information content (AvgIpc) is 2.59. The van der Waals surface area contributed by atoms with Gasteiger partial charge in [0.15, 0.2) is 11.5 Å². The zero-order valence-corrected chi connectivity index (χ0v) is 14.7. The standard InChI is InChI=1S/C14H15NO2S.C4H4O4/c1-15-9-10-4-2-3-5-14(10)18-11-6-7-12(16)13(17)8-11;5-3(6)1-2-4(7)8/h2-8,15-17H,9H2,1H3;1-2H,(H,5,6)(H,7,8). The van der Waals surface area contributed by atoms with Crippen LogP contribution in [0.5, 0.6) is 11.5 Å². The molecule has 0 aromatic heterocycles. The molecule has 0 spiro atoms. The minimum atomic E-state index is -1.26. The van der Waals surface area contributed by atoms with Gasteiger partial charge in [-0.15, -0.1) is 0 Å². The minimum absolute atomic E-state index is 0.0916. The maximum Gasteiger partial charge on any atom is 0.328 e. The zero-order valence-electron chi connectivity index (χ0n) is 13.9. The second-order valence-electron chi connectivity index (χ2n) is 4.90. The molecule has 26 heavy (non-hydrogen) atoms. The van der Waals surface area contributed by atoms with E-state index in [1.54, 1.807) is 23.9 Å². The molecule has 7 nitrogen and oxygen atoms in total. The van der Waals surface area contributed by atoms with Crippen LogP contribution in [-0.2, 0) is 16.1 Å². The van der Waals surface area contributed by atoms with E-state index in [1.807, 2.05) is 25.2 Å². The first kappa shape index (κ1) is 21.1. The highest BCUT2D eigenvalue weighted by molar-refractivity contribution is 7.99. The van der Waals surface area contributed by atoms with Crippen LogP contribution in [-0.4, -0.2) is 39.4 Å². The van der Waals surface area contributed by atoms with Gasteiger partial charge in [-0.2, -0.15) is 0 Å². The van der Waals surface area contributed by atoms with Crippen LogP contribution in [0.15, 0.2) is 64.4 Å². The Morgan fingerprint density at radius 2 is 1.62 bits per heavy atom. The van der Waals surface area contributed by atoms with Crippen LogP contribution in [0.2, 0.25) is 0 Å². The largest absolute Gasteiger partial charge is 0.504 e. The van der Waals surface area contributed by atoms with Crippen molar-refractivity contribution in [3.05, 3.63) is 60.2 Å². The maximum atomic E-state index is 9.55. The molecular weight excluding hydrogens is 358 g/mol. The fourth-order valence-electron chi connectivity index (χ4n) is 1.78. The van der Waals surface area contributed by atoms with Crippen LogP contribution in [0.3, 0.4) is 0 Å². The summed E-state index contributed by atoms with van der Waals surface area (Å²) in [6.07, 6.45) is 1.12. The van der Waals surface area contributed by atoms with E-state index >= 15 is 0 Å². The predicted octanol–water partition coefficient (Wildman–Crippen LogP) is 2.68.